The Labute approximate surface area is 92.7 Å². The summed E-state index contributed by atoms with van der Waals surface area (Å²) >= 11 is 1.08. The predicted molar refractivity (Wildman–Crippen MR) is 58.0 cm³/mol. The minimum absolute atomic E-state index is 0.0744. The number of amides is 1. The molecule has 0 unspecified atom stereocenters. The van der Waals surface area contributed by atoms with Crippen molar-refractivity contribution < 1.29 is 9.90 Å². The van der Waals surface area contributed by atoms with Crippen molar-refractivity contribution in [3.63, 3.8) is 0 Å². The van der Waals surface area contributed by atoms with Gasteiger partial charge in [0, 0.05) is 6.04 Å². The number of nitrogens with zero attached hydrogens (tertiary/aromatic N) is 2. The second-order valence-electron chi connectivity index (χ2n) is 3.70. The summed E-state index contributed by atoms with van der Waals surface area (Å²) in [7, 11) is 0. The highest BCUT2D eigenvalue weighted by Gasteiger charge is 2.19. The van der Waals surface area contributed by atoms with Gasteiger partial charge in [0.1, 0.15) is 4.88 Å². The van der Waals surface area contributed by atoms with Gasteiger partial charge in [0.2, 0.25) is 0 Å². The van der Waals surface area contributed by atoms with E-state index < -0.39 is 0 Å². The van der Waals surface area contributed by atoms with E-state index in [1.807, 2.05) is 13.8 Å². The Morgan fingerprint density at radius 1 is 1.53 bits per heavy atom. The SMILES string of the molecule is CC(C)c1nnsc1C(=O)N[C@H](C)CO. The summed E-state index contributed by atoms with van der Waals surface area (Å²) < 4.78 is 3.77. The van der Waals surface area contributed by atoms with Crippen LogP contribution in [-0.4, -0.2) is 33.2 Å². The lowest BCUT2D eigenvalue weighted by molar-refractivity contribution is 0.0925. The predicted octanol–water partition coefficient (Wildman–Crippen LogP) is 0.772. The normalized spacial score (nSPS) is 12.9. The molecule has 84 valence electrons. The lowest BCUT2D eigenvalue weighted by Gasteiger charge is -2.10. The Balaban J connectivity index is 2.77. The molecule has 0 radical (unpaired) electrons. The summed E-state index contributed by atoms with van der Waals surface area (Å²) in [4.78, 5) is 12.2. The summed E-state index contributed by atoms with van der Waals surface area (Å²) in [5, 5.41) is 15.4. The second-order valence-corrected chi connectivity index (χ2v) is 4.45. The van der Waals surface area contributed by atoms with Crippen molar-refractivity contribution in [2.75, 3.05) is 6.61 Å². The lowest BCUT2D eigenvalue weighted by atomic mass is 10.1. The zero-order chi connectivity index (χ0) is 11.4. The first kappa shape index (κ1) is 12.1. The lowest BCUT2D eigenvalue weighted by Crippen LogP contribution is -2.35. The van der Waals surface area contributed by atoms with Gasteiger partial charge in [0.05, 0.1) is 12.3 Å². The zero-order valence-electron chi connectivity index (χ0n) is 9.02. The number of carbonyl (C=O) groups is 1. The van der Waals surface area contributed by atoms with Crippen molar-refractivity contribution >= 4 is 17.4 Å². The molecule has 1 amide bonds. The fourth-order valence-electron chi connectivity index (χ4n) is 1.07. The third-order valence-corrected chi connectivity index (χ3v) is 2.66. The number of rotatable bonds is 4. The molecule has 0 aliphatic heterocycles. The molecule has 2 N–H and O–H groups in total. The fraction of sp³-hybridized carbons (Fsp3) is 0.667. The highest BCUT2D eigenvalue weighted by Crippen LogP contribution is 2.19. The molecular formula is C9H15N3O2S. The highest BCUT2D eigenvalue weighted by atomic mass is 32.1. The number of hydrogen-bond donors (Lipinski definition) is 2. The van der Waals surface area contributed by atoms with Crippen LogP contribution in [0.4, 0.5) is 0 Å². The molecule has 0 aliphatic carbocycles. The van der Waals surface area contributed by atoms with Crippen molar-refractivity contribution in [2.24, 2.45) is 0 Å². The molecule has 0 fully saturated rings. The van der Waals surface area contributed by atoms with Crippen molar-refractivity contribution in [1.82, 2.24) is 14.9 Å². The van der Waals surface area contributed by atoms with E-state index in [-0.39, 0.29) is 24.5 Å². The Kier molecular flexibility index (Phi) is 4.16. The van der Waals surface area contributed by atoms with E-state index in [9.17, 15) is 4.79 Å². The van der Waals surface area contributed by atoms with Gasteiger partial charge >= 0.3 is 0 Å². The van der Waals surface area contributed by atoms with Crippen molar-refractivity contribution in [2.45, 2.75) is 32.7 Å². The van der Waals surface area contributed by atoms with Crippen LogP contribution in [0, 0.1) is 0 Å². The number of nitrogens with one attached hydrogen (secondary N) is 1. The average molecular weight is 229 g/mol. The van der Waals surface area contributed by atoms with Gasteiger partial charge in [0.25, 0.3) is 5.91 Å². The summed E-state index contributed by atoms with van der Waals surface area (Å²) in [6.45, 7) is 5.59. The summed E-state index contributed by atoms with van der Waals surface area (Å²) in [5.41, 5.74) is 0.711. The summed E-state index contributed by atoms with van der Waals surface area (Å²) in [6, 6.07) is -0.250. The topological polar surface area (TPSA) is 75.1 Å². The van der Waals surface area contributed by atoms with Gasteiger partial charge in [0.15, 0.2) is 0 Å². The molecule has 0 spiro atoms. The van der Waals surface area contributed by atoms with Crippen LogP contribution in [0.25, 0.3) is 0 Å². The maximum Gasteiger partial charge on any atom is 0.265 e. The number of hydrogen-bond acceptors (Lipinski definition) is 5. The smallest absolute Gasteiger partial charge is 0.265 e. The van der Waals surface area contributed by atoms with Crippen LogP contribution in [0.15, 0.2) is 0 Å². The molecule has 0 aliphatic rings. The molecule has 1 aromatic heterocycles. The van der Waals surface area contributed by atoms with Crippen molar-refractivity contribution in [1.29, 1.82) is 0 Å². The number of carbonyl (C=O) groups excluding carboxylic acids is 1. The standard InChI is InChI=1S/C9H15N3O2S/c1-5(2)7-8(15-12-11-7)9(14)10-6(3)4-13/h5-6,13H,4H2,1-3H3,(H,10,14)/t6-/m1/s1. The quantitative estimate of drug-likeness (QED) is 0.799. The van der Waals surface area contributed by atoms with E-state index in [0.29, 0.717) is 10.6 Å². The van der Waals surface area contributed by atoms with Crippen LogP contribution in [0.2, 0.25) is 0 Å². The second kappa shape index (κ2) is 5.18. The Hall–Kier alpha value is -1.01. The van der Waals surface area contributed by atoms with Gasteiger partial charge in [-0.3, -0.25) is 4.79 Å². The van der Waals surface area contributed by atoms with Crippen molar-refractivity contribution in [3.8, 4) is 0 Å². The molecule has 5 nitrogen and oxygen atoms in total. The zero-order valence-corrected chi connectivity index (χ0v) is 9.84. The minimum atomic E-state index is -0.250. The molecule has 1 atom stereocenters. The summed E-state index contributed by atoms with van der Waals surface area (Å²) in [5.74, 6) is -0.0378. The fourth-order valence-corrected chi connectivity index (χ4v) is 1.79. The average Bonchev–Trinajstić information content (AvgIpc) is 2.65. The first-order valence-corrected chi connectivity index (χ1v) is 5.57. The van der Waals surface area contributed by atoms with Crippen LogP contribution in [0.3, 0.4) is 0 Å². The molecule has 1 heterocycles. The molecule has 1 rings (SSSR count). The molecule has 15 heavy (non-hydrogen) atoms. The van der Waals surface area contributed by atoms with Gasteiger partial charge in [-0.05, 0) is 24.4 Å². The van der Waals surface area contributed by atoms with E-state index >= 15 is 0 Å². The maximum absolute atomic E-state index is 11.7. The van der Waals surface area contributed by atoms with Crippen LogP contribution in [0.1, 0.15) is 42.1 Å². The largest absolute Gasteiger partial charge is 0.394 e. The van der Waals surface area contributed by atoms with E-state index in [1.165, 1.54) is 0 Å². The maximum atomic E-state index is 11.7. The summed E-state index contributed by atoms with van der Waals surface area (Å²) in [6.07, 6.45) is 0. The third-order valence-electron chi connectivity index (χ3n) is 1.92. The number of aromatic nitrogens is 2. The molecule has 0 saturated carbocycles. The molecule has 1 aromatic rings. The van der Waals surface area contributed by atoms with E-state index in [2.05, 4.69) is 14.9 Å². The van der Waals surface area contributed by atoms with Crippen LogP contribution >= 0.6 is 11.5 Å². The molecule has 0 saturated heterocycles. The van der Waals surface area contributed by atoms with E-state index in [0.717, 1.165) is 11.5 Å². The highest BCUT2D eigenvalue weighted by molar-refractivity contribution is 7.08. The molecule has 0 bridgehead atoms. The molecule has 6 heteroatoms. The minimum Gasteiger partial charge on any atom is -0.394 e. The Morgan fingerprint density at radius 3 is 2.73 bits per heavy atom. The van der Waals surface area contributed by atoms with Gasteiger partial charge in [-0.1, -0.05) is 18.3 Å². The molecular weight excluding hydrogens is 214 g/mol. The Bertz CT molecular complexity index is 338. The van der Waals surface area contributed by atoms with Gasteiger partial charge in [-0.15, -0.1) is 5.10 Å². The first-order chi connectivity index (χ1) is 7.06. The van der Waals surface area contributed by atoms with Gasteiger partial charge in [-0.2, -0.15) is 0 Å². The van der Waals surface area contributed by atoms with Crippen LogP contribution in [-0.2, 0) is 0 Å². The molecule has 0 aromatic carbocycles. The van der Waals surface area contributed by atoms with Gasteiger partial charge in [-0.25, -0.2) is 0 Å². The first-order valence-electron chi connectivity index (χ1n) is 4.80. The van der Waals surface area contributed by atoms with Crippen LogP contribution < -0.4 is 5.32 Å². The Morgan fingerprint density at radius 2 is 2.20 bits per heavy atom. The van der Waals surface area contributed by atoms with E-state index in [4.69, 9.17) is 5.11 Å². The number of aliphatic hydroxyl groups excluding tert-OH is 1. The van der Waals surface area contributed by atoms with E-state index in [1.54, 1.807) is 6.92 Å². The monoisotopic (exact) mass is 229 g/mol. The van der Waals surface area contributed by atoms with Crippen molar-refractivity contribution in [3.05, 3.63) is 10.6 Å². The van der Waals surface area contributed by atoms with Crippen LogP contribution in [0.5, 0.6) is 0 Å². The van der Waals surface area contributed by atoms with Gasteiger partial charge < -0.3 is 10.4 Å². The third kappa shape index (κ3) is 2.97. The number of aliphatic hydroxyl groups is 1.